The summed E-state index contributed by atoms with van der Waals surface area (Å²) < 4.78 is 20.5. The highest BCUT2D eigenvalue weighted by Crippen LogP contribution is 2.08. The maximum atomic E-state index is 12.2. The van der Waals surface area contributed by atoms with Crippen molar-refractivity contribution in [3.63, 3.8) is 0 Å². The van der Waals surface area contributed by atoms with Crippen LogP contribution in [-0.4, -0.2) is 75.6 Å². The molecule has 0 saturated carbocycles. The quantitative estimate of drug-likeness (QED) is 0.350. The van der Waals surface area contributed by atoms with E-state index >= 15 is 0 Å². The fraction of sp³-hybridized carbons (Fsp3) is 0.875. The van der Waals surface area contributed by atoms with Crippen LogP contribution in [0.25, 0.3) is 0 Å². The number of nitrogens with zero attached hydrogens (tertiary/aromatic N) is 1. The standard InChI is InChI=1S/C16H31NO6/c1-5-17(6-2)14(16(19)23-12-10-21-8-4)13-15(18)22-11-9-20-7-3/h14H,5-13H2,1-4H3/t14-/m0/s1. The van der Waals surface area contributed by atoms with Crippen LogP contribution in [-0.2, 0) is 28.5 Å². The molecule has 0 rings (SSSR count). The van der Waals surface area contributed by atoms with Crippen molar-refractivity contribution in [2.24, 2.45) is 0 Å². The Morgan fingerprint density at radius 1 is 0.826 bits per heavy atom. The molecule has 0 aliphatic heterocycles. The molecule has 23 heavy (non-hydrogen) atoms. The number of carbonyl (C=O) groups excluding carboxylic acids is 2. The molecule has 7 heteroatoms. The molecule has 0 unspecified atom stereocenters. The Bertz CT molecular complexity index is 320. The monoisotopic (exact) mass is 333 g/mol. The second-order valence-corrected chi connectivity index (χ2v) is 4.72. The maximum absolute atomic E-state index is 12.2. The van der Waals surface area contributed by atoms with E-state index in [1.54, 1.807) is 0 Å². The number of likely N-dealkylation sites (N-methyl/N-ethyl adjacent to an activating group) is 1. The molecule has 0 radical (unpaired) electrons. The number of carbonyl (C=O) groups is 2. The molecule has 0 aromatic rings. The molecule has 136 valence electrons. The predicted octanol–water partition coefficient (Wildman–Crippen LogP) is 1.25. The van der Waals surface area contributed by atoms with Crippen LogP contribution in [0.2, 0.25) is 0 Å². The zero-order chi connectivity index (χ0) is 17.5. The van der Waals surface area contributed by atoms with Gasteiger partial charge in [-0.1, -0.05) is 13.8 Å². The average Bonchev–Trinajstić information content (AvgIpc) is 2.55. The number of esters is 2. The summed E-state index contributed by atoms with van der Waals surface area (Å²) >= 11 is 0. The summed E-state index contributed by atoms with van der Waals surface area (Å²) in [5.41, 5.74) is 0. The minimum Gasteiger partial charge on any atom is -0.463 e. The van der Waals surface area contributed by atoms with E-state index in [0.29, 0.717) is 39.5 Å². The summed E-state index contributed by atoms with van der Waals surface area (Å²) in [4.78, 5) is 26.0. The van der Waals surface area contributed by atoms with Crippen molar-refractivity contribution in [3.8, 4) is 0 Å². The van der Waals surface area contributed by atoms with Gasteiger partial charge in [0.2, 0.25) is 0 Å². The molecule has 0 aliphatic rings. The van der Waals surface area contributed by atoms with Crippen LogP contribution in [0.4, 0.5) is 0 Å². The van der Waals surface area contributed by atoms with Crippen molar-refractivity contribution in [1.29, 1.82) is 0 Å². The van der Waals surface area contributed by atoms with E-state index in [0.717, 1.165) is 0 Å². The number of ether oxygens (including phenoxy) is 4. The van der Waals surface area contributed by atoms with Crippen LogP contribution in [0.3, 0.4) is 0 Å². The van der Waals surface area contributed by atoms with Gasteiger partial charge in [0.15, 0.2) is 0 Å². The average molecular weight is 333 g/mol. The van der Waals surface area contributed by atoms with E-state index in [4.69, 9.17) is 18.9 Å². The molecular weight excluding hydrogens is 302 g/mol. The summed E-state index contributed by atoms with van der Waals surface area (Å²) in [5.74, 6) is -0.849. The summed E-state index contributed by atoms with van der Waals surface area (Å²) in [6, 6.07) is -0.633. The third-order valence-electron chi connectivity index (χ3n) is 3.26. The third-order valence-corrected chi connectivity index (χ3v) is 3.26. The molecule has 0 aliphatic carbocycles. The molecule has 0 spiro atoms. The van der Waals surface area contributed by atoms with Gasteiger partial charge in [0, 0.05) is 13.2 Å². The maximum Gasteiger partial charge on any atom is 0.324 e. The van der Waals surface area contributed by atoms with Crippen molar-refractivity contribution >= 4 is 11.9 Å². The molecule has 0 N–H and O–H groups in total. The van der Waals surface area contributed by atoms with Crippen molar-refractivity contribution in [3.05, 3.63) is 0 Å². The molecule has 1 atom stereocenters. The Morgan fingerprint density at radius 2 is 1.35 bits per heavy atom. The van der Waals surface area contributed by atoms with Crippen LogP contribution < -0.4 is 0 Å². The number of hydrogen-bond donors (Lipinski definition) is 0. The summed E-state index contributed by atoms with van der Waals surface area (Å²) in [6.45, 7) is 11.1. The first-order valence-corrected chi connectivity index (χ1v) is 8.32. The second-order valence-electron chi connectivity index (χ2n) is 4.72. The lowest BCUT2D eigenvalue weighted by Gasteiger charge is -2.27. The molecule has 0 amide bonds. The highest BCUT2D eigenvalue weighted by atomic mass is 16.6. The highest BCUT2D eigenvalue weighted by molar-refractivity contribution is 5.82. The summed E-state index contributed by atoms with van der Waals surface area (Å²) in [7, 11) is 0. The van der Waals surface area contributed by atoms with E-state index in [2.05, 4.69) is 0 Å². The van der Waals surface area contributed by atoms with Gasteiger partial charge in [0.1, 0.15) is 19.3 Å². The zero-order valence-electron chi connectivity index (χ0n) is 14.8. The molecule has 0 fully saturated rings. The van der Waals surface area contributed by atoms with Gasteiger partial charge in [-0.3, -0.25) is 14.5 Å². The number of rotatable bonds is 14. The Kier molecular flexibility index (Phi) is 13.7. The van der Waals surface area contributed by atoms with Crippen molar-refractivity contribution < 1.29 is 28.5 Å². The summed E-state index contributed by atoms with van der Waals surface area (Å²) in [5, 5.41) is 0. The van der Waals surface area contributed by atoms with Gasteiger partial charge >= 0.3 is 11.9 Å². The second kappa shape index (κ2) is 14.4. The predicted molar refractivity (Wildman–Crippen MR) is 86.2 cm³/mol. The molecule has 0 aromatic carbocycles. The third kappa shape index (κ3) is 10.3. The Labute approximate surface area is 139 Å². The molecular formula is C16H31NO6. The molecule has 0 heterocycles. The first-order valence-electron chi connectivity index (χ1n) is 8.32. The van der Waals surface area contributed by atoms with Gasteiger partial charge in [-0.05, 0) is 26.9 Å². The van der Waals surface area contributed by atoms with Gasteiger partial charge in [-0.2, -0.15) is 0 Å². The fourth-order valence-electron chi connectivity index (χ4n) is 2.04. The lowest BCUT2D eigenvalue weighted by atomic mass is 10.1. The van der Waals surface area contributed by atoms with Crippen LogP contribution in [0, 0.1) is 0 Å². The first-order chi connectivity index (χ1) is 11.1. The molecule has 0 aromatic heterocycles. The lowest BCUT2D eigenvalue weighted by Crippen LogP contribution is -2.44. The minimum absolute atomic E-state index is 0.0265. The van der Waals surface area contributed by atoms with E-state index in [9.17, 15) is 9.59 Å². The SMILES string of the molecule is CCOCCOC(=O)C[C@@H](C(=O)OCCOCC)N(CC)CC. The normalized spacial score (nSPS) is 12.2. The van der Waals surface area contributed by atoms with Gasteiger partial charge in [0.05, 0.1) is 19.6 Å². The van der Waals surface area contributed by atoms with Crippen LogP contribution >= 0.6 is 0 Å². The van der Waals surface area contributed by atoms with Gasteiger partial charge in [-0.25, -0.2) is 0 Å². The van der Waals surface area contributed by atoms with Crippen LogP contribution in [0.5, 0.6) is 0 Å². The summed E-state index contributed by atoms with van der Waals surface area (Å²) in [6.07, 6.45) is -0.0265. The van der Waals surface area contributed by atoms with E-state index in [1.807, 2.05) is 32.6 Å². The smallest absolute Gasteiger partial charge is 0.324 e. The first kappa shape index (κ1) is 21.8. The highest BCUT2D eigenvalue weighted by Gasteiger charge is 2.28. The van der Waals surface area contributed by atoms with E-state index < -0.39 is 18.0 Å². The topological polar surface area (TPSA) is 74.3 Å². The molecule has 7 nitrogen and oxygen atoms in total. The lowest BCUT2D eigenvalue weighted by molar-refractivity contribution is -0.158. The van der Waals surface area contributed by atoms with Gasteiger partial charge in [0.25, 0.3) is 0 Å². The number of hydrogen-bond acceptors (Lipinski definition) is 7. The van der Waals surface area contributed by atoms with E-state index in [1.165, 1.54) is 0 Å². The largest absolute Gasteiger partial charge is 0.463 e. The molecule has 0 saturated heterocycles. The fourth-order valence-corrected chi connectivity index (χ4v) is 2.04. The van der Waals surface area contributed by atoms with Crippen molar-refractivity contribution in [2.45, 2.75) is 40.2 Å². The van der Waals surface area contributed by atoms with Crippen LogP contribution in [0.15, 0.2) is 0 Å². The van der Waals surface area contributed by atoms with Gasteiger partial charge < -0.3 is 18.9 Å². The van der Waals surface area contributed by atoms with Gasteiger partial charge in [-0.15, -0.1) is 0 Å². The Hall–Kier alpha value is -1.18. The Balaban J connectivity index is 4.43. The van der Waals surface area contributed by atoms with Crippen LogP contribution in [0.1, 0.15) is 34.1 Å². The Morgan fingerprint density at radius 3 is 1.83 bits per heavy atom. The van der Waals surface area contributed by atoms with E-state index in [-0.39, 0.29) is 19.6 Å². The zero-order valence-corrected chi connectivity index (χ0v) is 14.8. The van der Waals surface area contributed by atoms with Crippen molar-refractivity contribution in [2.75, 3.05) is 52.7 Å². The van der Waals surface area contributed by atoms with Crippen molar-refractivity contribution in [1.82, 2.24) is 4.90 Å². The molecule has 0 bridgehead atoms. The minimum atomic E-state index is -0.633.